The summed E-state index contributed by atoms with van der Waals surface area (Å²) in [5, 5.41) is 15.1. The van der Waals surface area contributed by atoms with E-state index in [0.717, 1.165) is 5.56 Å². The molecule has 9 heteroatoms. The van der Waals surface area contributed by atoms with Crippen LogP contribution in [0.15, 0.2) is 35.3 Å². The minimum Gasteiger partial charge on any atom is -0.503 e. The molecule has 162 valence electrons. The fourth-order valence-corrected chi connectivity index (χ4v) is 3.38. The van der Waals surface area contributed by atoms with Gasteiger partial charge in [0.1, 0.15) is 5.60 Å². The number of piperazine rings is 1. The number of hydrogen-bond donors (Lipinski definition) is 1. The highest BCUT2D eigenvalue weighted by atomic mass is 35.5. The number of ether oxygens (including phenoxy) is 1. The van der Waals surface area contributed by atoms with Gasteiger partial charge in [0.15, 0.2) is 5.75 Å². The minimum atomic E-state index is -0.556. The smallest absolute Gasteiger partial charge is 0.410 e. The highest BCUT2D eigenvalue weighted by Crippen LogP contribution is 2.18. The van der Waals surface area contributed by atoms with E-state index in [1.54, 1.807) is 11.0 Å². The second-order valence-electron chi connectivity index (χ2n) is 8.32. The van der Waals surface area contributed by atoms with Gasteiger partial charge in [-0.3, -0.25) is 9.69 Å². The maximum atomic E-state index is 12.5. The minimum absolute atomic E-state index is 0.181. The number of halogens is 1. The van der Waals surface area contributed by atoms with Gasteiger partial charge in [0.05, 0.1) is 12.7 Å². The first-order valence-electron chi connectivity index (χ1n) is 9.85. The van der Waals surface area contributed by atoms with E-state index in [0.29, 0.717) is 43.3 Å². The lowest BCUT2D eigenvalue weighted by molar-refractivity contribution is 0.0138. The third-order valence-corrected chi connectivity index (χ3v) is 5.16. The molecule has 8 nitrogen and oxygen atoms in total. The number of hydrogen-bond acceptors (Lipinski definition) is 6. The second-order valence-corrected chi connectivity index (χ2v) is 8.72. The van der Waals surface area contributed by atoms with E-state index in [1.165, 1.54) is 10.9 Å². The molecular formula is C21H27ClN4O4. The maximum absolute atomic E-state index is 12.5. The Bertz CT molecular complexity index is 962. The van der Waals surface area contributed by atoms with Gasteiger partial charge in [-0.2, -0.15) is 5.10 Å². The Morgan fingerprint density at radius 3 is 2.43 bits per heavy atom. The highest BCUT2D eigenvalue weighted by molar-refractivity contribution is 6.31. The van der Waals surface area contributed by atoms with Gasteiger partial charge in [-0.25, -0.2) is 9.48 Å². The molecule has 2 heterocycles. The van der Waals surface area contributed by atoms with E-state index in [-0.39, 0.29) is 18.4 Å². The summed E-state index contributed by atoms with van der Waals surface area (Å²) >= 11 is 6.15. The van der Waals surface area contributed by atoms with E-state index in [9.17, 15) is 14.7 Å². The molecule has 0 atom stereocenters. The fourth-order valence-electron chi connectivity index (χ4n) is 3.18. The second kappa shape index (κ2) is 9.06. The molecule has 1 N–H and O–H groups in total. The topological polar surface area (TPSA) is 87.9 Å². The molecule has 1 amide bonds. The third-order valence-electron chi connectivity index (χ3n) is 4.79. The van der Waals surface area contributed by atoms with Crippen LogP contribution >= 0.6 is 11.6 Å². The number of aromatic hydroxyl groups is 1. The summed E-state index contributed by atoms with van der Waals surface area (Å²) < 4.78 is 6.60. The quantitative estimate of drug-likeness (QED) is 0.796. The molecule has 1 aliphatic heterocycles. The third kappa shape index (κ3) is 5.52. The van der Waals surface area contributed by atoms with Crippen molar-refractivity contribution in [3.05, 3.63) is 57.0 Å². The lowest BCUT2D eigenvalue weighted by atomic mass is 10.2. The predicted octanol–water partition coefficient (Wildman–Crippen LogP) is 2.70. The van der Waals surface area contributed by atoms with E-state index in [4.69, 9.17) is 16.3 Å². The molecule has 0 radical (unpaired) electrons. The summed E-state index contributed by atoms with van der Waals surface area (Å²) in [7, 11) is 0. The SMILES string of the molecule is CC(C)(C)OC(=O)N1CCN(Cc2cnn(Cc3ccccc3Cl)c(=O)c2O)CC1. The molecule has 0 aliphatic carbocycles. The Balaban J connectivity index is 1.62. The molecule has 0 unspecified atom stereocenters. The Labute approximate surface area is 180 Å². The van der Waals surface area contributed by atoms with E-state index in [2.05, 4.69) is 10.00 Å². The Hall–Kier alpha value is -2.58. The first-order chi connectivity index (χ1) is 14.1. The Morgan fingerprint density at radius 1 is 1.13 bits per heavy atom. The molecule has 0 spiro atoms. The van der Waals surface area contributed by atoms with Crippen LogP contribution in [0, 0.1) is 0 Å². The highest BCUT2D eigenvalue weighted by Gasteiger charge is 2.26. The van der Waals surface area contributed by atoms with Crippen LogP contribution in [0.1, 0.15) is 31.9 Å². The van der Waals surface area contributed by atoms with Crippen molar-refractivity contribution < 1.29 is 14.6 Å². The molecule has 1 saturated heterocycles. The van der Waals surface area contributed by atoms with Crippen LogP contribution in [0.3, 0.4) is 0 Å². The monoisotopic (exact) mass is 434 g/mol. The van der Waals surface area contributed by atoms with Crippen LogP contribution in [0.4, 0.5) is 4.79 Å². The van der Waals surface area contributed by atoms with Crippen molar-refractivity contribution in [1.29, 1.82) is 0 Å². The number of amides is 1. The van der Waals surface area contributed by atoms with Gasteiger partial charge >= 0.3 is 11.7 Å². The Morgan fingerprint density at radius 2 is 1.80 bits per heavy atom. The largest absolute Gasteiger partial charge is 0.503 e. The van der Waals surface area contributed by atoms with Crippen molar-refractivity contribution in [3.63, 3.8) is 0 Å². The van der Waals surface area contributed by atoms with Gasteiger partial charge in [-0.05, 0) is 32.4 Å². The van der Waals surface area contributed by atoms with Gasteiger partial charge in [-0.1, -0.05) is 29.8 Å². The van der Waals surface area contributed by atoms with Gasteiger partial charge in [0.25, 0.3) is 0 Å². The average molecular weight is 435 g/mol. The fraction of sp³-hybridized carbons (Fsp3) is 0.476. The summed E-state index contributed by atoms with van der Waals surface area (Å²) in [5.41, 5.74) is 0.125. The molecular weight excluding hydrogens is 408 g/mol. The molecule has 0 saturated carbocycles. The normalized spacial score (nSPS) is 15.3. The summed E-state index contributed by atoms with van der Waals surface area (Å²) in [6, 6.07) is 7.20. The molecule has 0 bridgehead atoms. The number of nitrogens with zero attached hydrogens (tertiary/aromatic N) is 4. The molecule has 1 aromatic heterocycles. The predicted molar refractivity (Wildman–Crippen MR) is 114 cm³/mol. The van der Waals surface area contributed by atoms with Crippen LogP contribution in [-0.2, 0) is 17.8 Å². The first kappa shape index (κ1) is 22.1. The summed E-state index contributed by atoms with van der Waals surface area (Å²) in [6.45, 7) is 8.34. The van der Waals surface area contributed by atoms with Gasteiger partial charge in [-0.15, -0.1) is 0 Å². The molecule has 1 aromatic carbocycles. The summed E-state index contributed by atoms with van der Waals surface area (Å²) in [4.78, 5) is 28.4. The maximum Gasteiger partial charge on any atom is 0.410 e. The zero-order chi connectivity index (χ0) is 21.9. The van der Waals surface area contributed by atoms with Crippen molar-refractivity contribution in [1.82, 2.24) is 19.6 Å². The zero-order valence-electron chi connectivity index (χ0n) is 17.5. The van der Waals surface area contributed by atoms with Crippen LogP contribution < -0.4 is 5.56 Å². The lowest BCUT2D eigenvalue weighted by Gasteiger charge is -2.35. The standard InChI is InChI=1S/C21H27ClN4O4/c1-21(2,3)30-20(29)25-10-8-24(9-11-25)13-16-12-23-26(19(28)18(16)27)14-15-6-4-5-7-17(15)22/h4-7,12,27H,8-11,13-14H2,1-3H3. The van der Waals surface area contributed by atoms with Crippen LogP contribution in [0.5, 0.6) is 5.75 Å². The van der Waals surface area contributed by atoms with E-state index in [1.807, 2.05) is 39.0 Å². The molecule has 30 heavy (non-hydrogen) atoms. The van der Waals surface area contributed by atoms with E-state index < -0.39 is 11.2 Å². The van der Waals surface area contributed by atoms with Crippen LogP contribution in [0.2, 0.25) is 5.02 Å². The van der Waals surface area contributed by atoms with E-state index >= 15 is 0 Å². The van der Waals surface area contributed by atoms with Crippen molar-refractivity contribution >= 4 is 17.7 Å². The molecule has 1 fully saturated rings. The zero-order valence-corrected chi connectivity index (χ0v) is 18.2. The average Bonchev–Trinajstić information content (AvgIpc) is 2.68. The first-order valence-corrected chi connectivity index (χ1v) is 10.2. The number of rotatable bonds is 4. The van der Waals surface area contributed by atoms with Crippen molar-refractivity contribution in [3.8, 4) is 5.75 Å². The van der Waals surface area contributed by atoms with Gasteiger partial charge in [0, 0.05) is 43.3 Å². The number of carbonyl (C=O) groups is 1. The summed E-state index contributed by atoms with van der Waals surface area (Å²) in [5.74, 6) is -0.313. The number of benzene rings is 1. The van der Waals surface area contributed by atoms with Crippen molar-refractivity contribution in [2.24, 2.45) is 0 Å². The van der Waals surface area contributed by atoms with Gasteiger partial charge < -0.3 is 14.7 Å². The van der Waals surface area contributed by atoms with Crippen LogP contribution in [0.25, 0.3) is 0 Å². The van der Waals surface area contributed by atoms with Crippen molar-refractivity contribution in [2.45, 2.75) is 39.5 Å². The lowest BCUT2D eigenvalue weighted by Crippen LogP contribution is -2.49. The summed E-state index contributed by atoms with van der Waals surface area (Å²) in [6.07, 6.45) is 1.18. The molecule has 1 aliphatic rings. The number of aromatic nitrogens is 2. The Kier molecular flexibility index (Phi) is 6.67. The molecule has 2 aromatic rings. The van der Waals surface area contributed by atoms with Crippen LogP contribution in [-0.4, -0.2) is 62.6 Å². The number of carbonyl (C=O) groups excluding carboxylic acids is 1. The molecule has 3 rings (SSSR count). The van der Waals surface area contributed by atoms with Crippen molar-refractivity contribution in [2.75, 3.05) is 26.2 Å². The van der Waals surface area contributed by atoms with Gasteiger partial charge in [0.2, 0.25) is 0 Å².